The molecule has 0 aliphatic rings. The van der Waals surface area contributed by atoms with Crippen LogP contribution >= 0.6 is 0 Å². The van der Waals surface area contributed by atoms with E-state index in [9.17, 15) is 4.79 Å². The molecule has 0 spiro atoms. The van der Waals surface area contributed by atoms with Crippen LogP contribution in [-0.2, 0) is 4.79 Å². The molecule has 3 N–H and O–H groups in total. The fraction of sp³-hybridized carbons (Fsp3) is 0.900. The number of nitrogens with zero attached hydrogens (tertiary/aromatic N) is 1. The first-order valence-electron chi connectivity index (χ1n) is 5.12. The van der Waals surface area contributed by atoms with Crippen molar-refractivity contribution in [2.75, 3.05) is 13.6 Å². The third-order valence-electron chi connectivity index (χ3n) is 2.54. The predicted molar refractivity (Wildman–Crippen MR) is 57.2 cm³/mol. The largest absolute Gasteiger partial charge is 0.481 e. The zero-order valence-corrected chi connectivity index (χ0v) is 9.36. The summed E-state index contributed by atoms with van der Waals surface area (Å²) < 4.78 is 0. The van der Waals surface area contributed by atoms with Gasteiger partial charge in [-0.15, -0.1) is 0 Å². The van der Waals surface area contributed by atoms with Crippen molar-refractivity contribution < 1.29 is 9.90 Å². The molecule has 0 aliphatic heterocycles. The average molecular weight is 202 g/mol. The van der Waals surface area contributed by atoms with Gasteiger partial charge in [0.1, 0.15) is 0 Å². The highest BCUT2D eigenvalue weighted by molar-refractivity contribution is 5.67. The fourth-order valence-electron chi connectivity index (χ4n) is 1.43. The van der Waals surface area contributed by atoms with E-state index in [4.69, 9.17) is 10.8 Å². The minimum absolute atomic E-state index is 0.107. The summed E-state index contributed by atoms with van der Waals surface area (Å²) in [5, 5.41) is 8.76. The van der Waals surface area contributed by atoms with E-state index >= 15 is 0 Å². The van der Waals surface area contributed by atoms with Gasteiger partial charge in [-0.2, -0.15) is 0 Å². The van der Waals surface area contributed by atoms with Gasteiger partial charge < -0.3 is 15.7 Å². The Balaban J connectivity index is 4.15. The summed E-state index contributed by atoms with van der Waals surface area (Å²) in [4.78, 5) is 12.7. The fourth-order valence-corrected chi connectivity index (χ4v) is 1.43. The second-order valence-electron chi connectivity index (χ2n) is 3.94. The second kappa shape index (κ2) is 6.79. The summed E-state index contributed by atoms with van der Waals surface area (Å²) in [6, 6.07) is 0.480. The van der Waals surface area contributed by atoms with Crippen molar-refractivity contribution in [3.05, 3.63) is 0 Å². The van der Waals surface area contributed by atoms with E-state index < -0.39 is 5.97 Å². The minimum atomic E-state index is -0.737. The maximum absolute atomic E-state index is 10.6. The van der Waals surface area contributed by atoms with Crippen molar-refractivity contribution in [3.8, 4) is 0 Å². The van der Waals surface area contributed by atoms with Crippen LogP contribution in [0, 0.1) is 0 Å². The quantitative estimate of drug-likeness (QED) is 0.644. The number of carbonyl (C=O) groups is 1. The van der Waals surface area contributed by atoms with Crippen LogP contribution < -0.4 is 5.73 Å². The SMILES string of the molecule is CC(C)N(C)C(CCCN)CC(=O)O. The van der Waals surface area contributed by atoms with Crippen LogP contribution in [-0.4, -0.2) is 41.7 Å². The molecule has 4 nitrogen and oxygen atoms in total. The molecular formula is C10H22N2O2. The highest BCUT2D eigenvalue weighted by Gasteiger charge is 2.19. The maximum atomic E-state index is 10.6. The molecule has 0 radical (unpaired) electrons. The molecule has 4 heteroatoms. The van der Waals surface area contributed by atoms with E-state index in [2.05, 4.69) is 18.7 Å². The predicted octanol–water partition coefficient (Wildman–Crippen LogP) is 0.909. The van der Waals surface area contributed by atoms with Gasteiger partial charge in [0.25, 0.3) is 0 Å². The molecule has 0 fully saturated rings. The van der Waals surface area contributed by atoms with Crippen molar-refractivity contribution in [1.29, 1.82) is 0 Å². The number of aliphatic carboxylic acids is 1. The highest BCUT2D eigenvalue weighted by atomic mass is 16.4. The highest BCUT2D eigenvalue weighted by Crippen LogP contribution is 2.12. The lowest BCUT2D eigenvalue weighted by molar-refractivity contribution is -0.138. The summed E-state index contributed by atoms with van der Waals surface area (Å²) in [6.07, 6.45) is 1.95. The topological polar surface area (TPSA) is 66.6 Å². The number of rotatable bonds is 7. The summed E-state index contributed by atoms with van der Waals surface area (Å²) >= 11 is 0. The molecule has 0 aromatic carbocycles. The first-order valence-corrected chi connectivity index (χ1v) is 5.12. The van der Waals surface area contributed by atoms with Crippen LogP contribution in [0.4, 0.5) is 0 Å². The Bertz CT molecular complexity index is 172. The lowest BCUT2D eigenvalue weighted by Gasteiger charge is -2.30. The van der Waals surface area contributed by atoms with Gasteiger partial charge in [-0.1, -0.05) is 0 Å². The van der Waals surface area contributed by atoms with Gasteiger partial charge in [0.2, 0.25) is 0 Å². The third kappa shape index (κ3) is 5.19. The minimum Gasteiger partial charge on any atom is -0.481 e. The average Bonchev–Trinajstić information content (AvgIpc) is 2.10. The number of nitrogens with two attached hydrogens (primary N) is 1. The van der Waals surface area contributed by atoms with Gasteiger partial charge in [-0.3, -0.25) is 4.79 Å². The van der Waals surface area contributed by atoms with E-state index in [0.717, 1.165) is 12.8 Å². The molecule has 0 bridgehead atoms. The van der Waals surface area contributed by atoms with Crippen molar-refractivity contribution in [2.45, 2.75) is 45.2 Å². The summed E-state index contributed by atoms with van der Waals surface area (Å²) in [7, 11) is 1.97. The Morgan fingerprint density at radius 1 is 1.50 bits per heavy atom. The van der Waals surface area contributed by atoms with E-state index in [-0.39, 0.29) is 12.5 Å². The first kappa shape index (κ1) is 13.4. The molecule has 0 amide bonds. The van der Waals surface area contributed by atoms with E-state index in [1.54, 1.807) is 0 Å². The molecule has 0 saturated heterocycles. The van der Waals surface area contributed by atoms with Crippen LogP contribution in [0.15, 0.2) is 0 Å². The number of hydrogen-bond acceptors (Lipinski definition) is 3. The van der Waals surface area contributed by atoms with Gasteiger partial charge in [-0.05, 0) is 40.3 Å². The van der Waals surface area contributed by atoms with Crippen molar-refractivity contribution in [1.82, 2.24) is 4.90 Å². The monoisotopic (exact) mass is 202 g/mol. The molecule has 1 unspecified atom stereocenters. The number of hydrogen-bond donors (Lipinski definition) is 2. The van der Waals surface area contributed by atoms with Crippen molar-refractivity contribution >= 4 is 5.97 Å². The maximum Gasteiger partial charge on any atom is 0.304 e. The molecule has 14 heavy (non-hydrogen) atoms. The Morgan fingerprint density at radius 3 is 2.43 bits per heavy atom. The van der Waals surface area contributed by atoms with Gasteiger partial charge in [0.05, 0.1) is 6.42 Å². The molecule has 0 aromatic heterocycles. The van der Waals surface area contributed by atoms with Crippen LogP contribution in [0.1, 0.15) is 33.1 Å². The van der Waals surface area contributed by atoms with Crippen LogP contribution in [0.3, 0.4) is 0 Å². The number of carboxylic acid groups (broad SMARTS) is 1. The van der Waals surface area contributed by atoms with Gasteiger partial charge in [0, 0.05) is 12.1 Å². The Morgan fingerprint density at radius 2 is 2.07 bits per heavy atom. The normalized spacial score (nSPS) is 13.6. The van der Waals surface area contributed by atoms with Crippen LogP contribution in [0.2, 0.25) is 0 Å². The Kier molecular flexibility index (Phi) is 6.49. The smallest absolute Gasteiger partial charge is 0.304 e. The molecule has 0 aliphatic carbocycles. The Labute approximate surface area is 86.1 Å². The molecular weight excluding hydrogens is 180 g/mol. The van der Waals surface area contributed by atoms with Gasteiger partial charge in [0.15, 0.2) is 0 Å². The standard InChI is InChI=1S/C10H22N2O2/c1-8(2)12(3)9(5-4-6-11)7-10(13)14/h8-9H,4-7,11H2,1-3H3,(H,13,14). The molecule has 0 rings (SSSR count). The van der Waals surface area contributed by atoms with E-state index in [1.807, 2.05) is 7.05 Å². The zero-order valence-electron chi connectivity index (χ0n) is 9.36. The van der Waals surface area contributed by atoms with Crippen LogP contribution in [0.5, 0.6) is 0 Å². The van der Waals surface area contributed by atoms with E-state index in [0.29, 0.717) is 12.6 Å². The Hall–Kier alpha value is -0.610. The van der Waals surface area contributed by atoms with E-state index in [1.165, 1.54) is 0 Å². The molecule has 84 valence electrons. The molecule has 0 heterocycles. The lowest BCUT2D eigenvalue weighted by atomic mass is 10.1. The first-order chi connectivity index (χ1) is 6.49. The number of carboxylic acids is 1. The zero-order chi connectivity index (χ0) is 11.1. The van der Waals surface area contributed by atoms with Crippen molar-refractivity contribution in [3.63, 3.8) is 0 Å². The third-order valence-corrected chi connectivity index (χ3v) is 2.54. The van der Waals surface area contributed by atoms with Gasteiger partial charge >= 0.3 is 5.97 Å². The summed E-state index contributed by atoms with van der Waals surface area (Å²) in [5.74, 6) is -0.737. The van der Waals surface area contributed by atoms with Crippen molar-refractivity contribution in [2.24, 2.45) is 5.73 Å². The molecule has 0 saturated carbocycles. The van der Waals surface area contributed by atoms with Crippen LogP contribution in [0.25, 0.3) is 0 Å². The molecule has 0 aromatic rings. The summed E-state index contributed by atoms with van der Waals surface area (Å²) in [5.41, 5.74) is 5.42. The molecule has 1 atom stereocenters. The summed E-state index contributed by atoms with van der Waals surface area (Å²) in [6.45, 7) is 4.76. The second-order valence-corrected chi connectivity index (χ2v) is 3.94. The van der Waals surface area contributed by atoms with Gasteiger partial charge in [-0.25, -0.2) is 0 Å². The lowest BCUT2D eigenvalue weighted by Crippen LogP contribution is -2.38.